The van der Waals surface area contributed by atoms with E-state index in [0.717, 1.165) is 10.7 Å². The van der Waals surface area contributed by atoms with Gasteiger partial charge in [0.2, 0.25) is 0 Å². The molecule has 0 aliphatic carbocycles. The average molecular weight is 237 g/mol. The summed E-state index contributed by atoms with van der Waals surface area (Å²) < 4.78 is 1.83. The topological polar surface area (TPSA) is 43.1 Å². The van der Waals surface area contributed by atoms with Crippen LogP contribution < -0.4 is 0 Å². The Labute approximate surface area is 94.2 Å². The minimum absolute atomic E-state index is 0.368. The molecule has 0 spiro atoms. The molecule has 4 nitrogen and oxygen atoms in total. The van der Waals surface area contributed by atoms with E-state index < -0.39 is 0 Å². The van der Waals surface area contributed by atoms with Crippen LogP contribution in [-0.4, -0.2) is 19.6 Å². The van der Waals surface area contributed by atoms with E-state index in [4.69, 9.17) is 11.6 Å². The molecule has 0 aromatic carbocycles. The normalized spacial score (nSPS) is 11.0. The maximum Gasteiger partial charge on any atom is 0.198 e. The van der Waals surface area contributed by atoms with Gasteiger partial charge in [0.15, 0.2) is 16.6 Å². The molecule has 0 unspecified atom stereocenters. The Morgan fingerprint density at radius 2 is 2.27 bits per heavy atom. The maximum absolute atomic E-state index is 5.90. The smallest absolute Gasteiger partial charge is 0.198 e. The third-order valence-corrected chi connectivity index (χ3v) is 3.16. The molecule has 0 amide bonds. The quantitative estimate of drug-likeness (QED) is 0.652. The lowest BCUT2D eigenvalue weighted by Gasteiger charge is -1.96. The van der Waals surface area contributed by atoms with Crippen molar-refractivity contribution in [2.24, 2.45) is 0 Å². The van der Waals surface area contributed by atoms with Crippen LogP contribution in [0.2, 0.25) is 5.15 Å². The minimum Gasteiger partial charge on any atom is -0.278 e. The second-order valence-corrected chi connectivity index (χ2v) is 4.22. The predicted octanol–water partition coefficient (Wildman–Crippen LogP) is 2.51. The van der Waals surface area contributed by atoms with E-state index in [1.807, 2.05) is 21.9 Å². The Hall–Kier alpha value is -1.46. The number of thiophene rings is 1. The maximum atomic E-state index is 5.90. The molecular formula is C9H5ClN4S. The molecule has 74 valence electrons. The molecule has 0 radical (unpaired) electrons. The van der Waals surface area contributed by atoms with Gasteiger partial charge in [-0.3, -0.25) is 4.40 Å². The molecule has 0 saturated carbocycles. The summed E-state index contributed by atoms with van der Waals surface area (Å²) in [4.78, 5) is 5.01. The van der Waals surface area contributed by atoms with E-state index in [-0.39, 0.29) is 0 Å². The van der Waals surface area contributed by atoms with Gasteiger partial charge >= 0.3 is 0 Å². The number of fused-ring (bicyclic) bond motifs is 1. The van der Waals surface area contributed by atoms with Crippen LogP contribution in [0.4, 0.5) is 0 Å². The standard InChI is InChI=1S/C9H5ClN4S/c10-7-9-13-12-8(6-2-1-5-15-6)14(9)4-3-11-7/h1-5H. The monoisotopic (exact) mass is 236 g/mol. The Kier molecular flexibility index (Phi) is 1.93. The Morgan fingerprint density at radius 1 is 1.33 bits per heavy atom. The van der Waals surface area contributed by atoms with E-state index in [2.05, 4.69) is 15.2 Å². The van der Waals surface area contributed by atoms with Crippen LogP contribution in [0.3, 0.4) is 0 Å². The highest BCUT2D eigenvalue weighted by Crippen LogP contribution is 2.24. The lowest BCUT2D eigenvalue weighted by atomic mass is 10.4. The summed E-state index contributed by atoms with van der Waals surface area (Å²) in [7, 11) is 0. The molecule has 0 aliphatic heterocycles. The van der Waals surface area contributed by atoms with Crippen molar-refractivity contribution in [3.8, 4) is 10.7 Å². The molecule has 0 bridgehead atoms. The zero-order chi connectivity index (χ0) is 10.3. The molecule has 3 heterocycles. The largest absolute Gasteiger partial charge is 0.278 e. The van der Waals surface area contributed by atoms with Gasteiger partial charge in [0.05, 0.1) is 4.88 Å². The van der Waals surface area contributed by atoms with Crippen molar-refractivity contribution in [3.63, 3.8) is 0 Å². The first-order chi connectivity index (χ1) is 7.36. The van der Waals surface area contributed by atoms with Gasteiger partial charge in [0, 0.05) is 12.4 Å². The van der Waals surface area contributed by atoms with Gasteiger partial charge in [0.1, 0.15) is 0 Å². The summed E-state index contributed by atoms with van der Waals surface area (Å²) in [6.07, 6.45) is 3.44. The van der Waals surface area contributed by atoms with E-state index in [9.17, 15) is 0 Å². The second kappa shape index (κ2) is 3.29. The van der Waals surface area contributed by atoms with Gasteiger partial charge in [-0.2, -0.15) is 0 Å². The molecule has 0 fully saturated rings. The Morgan fingerprint density at radius 3 is 3.07 bits per heavy atom. The fraction of sp³-hybridized carbons (Fsp3) is 0. The van der Waals surface area contributed by atoms with Gasteiger partial charge in [-0.1, -0.05) is 17.7 Å². The zero-order valence-electron chi connectivity index (χ0n) is 7.46. The number of halogens is 1. The Balaban J connectivity index is 2.34. The van der Waals surface area contributed by atoms with Gasteiger partial charge in [-0.05, 0) is 11.4 Å². The highest BCUT2D eigenvalue weighted by molar-refractivity contribution is 7.13. The molecule has 0 atom stereocenters. The molecule has 3 aromatic heterocycles. The number of hydrogen-bond donors (Lipinski definition) is 0. The van der Waals surface area contributed by atoms with E-state index >= 15 is 0 Å². The Bertz CT molecular complexity index is 602. The van der Waals surface area contributed by atoms with Crippen LogP contribution in [0, 0.1) is 0 Å². The summed E-state index contributed by atoms with van der Waals surface area (Å²) in [5.41, 5.74) is 0.586. The van der Waals surface area contributed by atoms with E-state index in [0.29, 0.717) is 10.8 Å². The van der Waals surface area contributed by atoms with Crippen LogP contribution in [0.15, 0.2) is 29.9 Å². The summed E-state index contributed by atoms with van der Waals surface area (Å²) >= 11 is 7.52. The van der Waals surface area contributed by atoms with Gasteiger partial charge in [-0.15, -0.1) is 21.5 Å². The summed E-state index contributed by atoms with van der Waals surface area (Å²) in [6, 6.07) is 3.97. The van der Waals surface area contributed by atoms with Crippen molar-refractivity contribution in [2.45, 2.75) is 0 Å². The highest BCUT2D eigenvalue weighted by atomic mass is 35.5. The van der Waals surface area contributed by atoms with Crippen LogP contribution in [-0.2, 0) is 0 Å². The highest BCUT2D eigenvalue weighted by Gasteiger charge is 2.10. The van der Waals surface area contributed by atoms with Gasteiger partial charge in [0.25, 0.3) is 0 Å². The lowest BCUT2D eigenvalue weighted by Crippen LogP contribution is -1.89. The summed E-state index contributed by atoms with van der Waals surface area (Å²) in [6.45, 7) is 0. The van der Waals surface area contributed by atoms with Crippen molar-refractivity contribution < 1.29 is 0 Å². The molecule has 3 rings (SSSR count). The number of aromatic nitrogens is 4. The predicted molar refractivity (Wildman–Crippen MR) is 59.1 cm³/mol. The van der Waals surface area contributed by atoms with Crippen LogP contribution in [0.1, 0.15) is 0 Å². The van der Waals surface area contributed by atoms with Crippen LogP contribution in [0.5, 0.6) is 0 Å². The molecule has 6 heteroatoms. The molecule has 3 aromatic rings. The fourth-order valence-corrected chi connectivity index (χ4v) is 2.26. The molecule has 0 saturated heterocycles. The van der Waals surface area contributed by atoms with Gasteiger partial charge < -0.3 is 0 Å². The molecule has 0 aliphatic rings. The van der Waals surface area contributed by atoms with Crippen molar-refractivity contribution >= 4 is 28.6 Å². The lowest BCUT2D eigenvalue weighted by molar-refractivity contribution is 1.12. The van der Waals surface area contributed by atoms with E-state index in [1.165, 1.54) is 0 Å². The molecular weight excluding hydrogens is 232 g/mol. The van der Waals surface area contributed by atoms with Crippen molar-refractivity contribution in [3.05, 3.63) is 35.1 Å². The van der Waals surface area contributed by atoms with Crippen molar-refractivity contribution in [1.29, 1.82) is 0 Å². The first-order valence-electron chi connectivity index (χ1n) is 4.25. The van der Waals surface area contributed by atoms with Crippen LogP contribution in [0.25, 0.3) is 16.3 Å². The van der Waals surface area contributed by atoms with Gasteiger partial charge in [-0.25, -0.2) is 4.98 Å². The third-order valence-electron chi connectivity index (χ3n) is 2.03. The van der Waals surface area contributed by atoms with E-state index in [1.54, 1.807) is 23.7 Å². The fourth-order valence-electron chi connectivity index (χ4n) is 1.37. The zero-order valence-corrected chi connectivity index (χ0v) is 9.03. The van der Waals surface area contributed by atoms with Crippen LogP contribution >= 0.6 is 22.9 Å². The number of rotatable bonds is 1. The molecule has 15 heavy (non-hydrogen) atoms. The second-order valence-electron chi connectivity index (χ2n) is 2.91. The number of hydrogen-bond acceptors (Lipinski definition) is 4. The first kappa shape index (κ1) is 8.82. The minimum atomic E-state index is 0.368. The van der Waals surface area contributed by atoms with Crippen molar-refractivity contribution in [1.82, 2.24) is 19.6 Å². The third kappa shape index (κ3) is 1.32. The average Bonchev–Trinajstić information content (AvgIpc) is 2.85. The number of nitrogens with zero attached hydrogens (tertiary/aromatic N) is 4. The molecule has 0 N–H and O–H groups in total. The summed E-state index contributed by atoms with van der Waals surface area (Å²) in [5, 5.41) is 10.5. The van der Waals surface area contributed by atoms with Crippen molar-refractivity contribution in [2.75, 3.05) is 0 Å². The summed E-state index contributed by atoms with van der Waals surface area (Å²) in [5.74, 6) is 0.796. The SMILES string of the molecule is Clc1nccn2c(-c3cccs3)nnc12. The first-order valence-corrected chi connectivity index (χ1v) is 5.51.